The largest absolute Gasteiger partial charge is 0.316 e. The van der Waals surface area contributed by atoms with E-state index in [-0.39, 0.29) is 5.91 Å². The van der Waals surface area contributed by atoms with Crippen LogP contribution in [0.15, 0.2) is 29.6 Å². The number of carbonyl (C=O) groups is 1. The molecule has 0 spiro atoms. The fourth-order valence-electron chi connectivity index (χ4n) is 1.83. The Kier molecular flexibility index (Phi) is 3.98. The van der Waals surface area contributed by atoms with Gasteiger partial charge in [-0.2, -0.15) is 5.26 Å². The van der Waals surface area contributed by atoms with Crippen molar-refractivity contribution in [1.82, 2.24) is 0 Å². The molecule has 0 radical (unpaired) electrons. The van der Waals surface area contributed by atoms with Crippen molar-refractivity contribution in [3.05, 3.63) is 51.9 Å². The van der Waals surface area contributed by atoms with E-state index in [1.807, 2.05) is 32.0 Å². The molecular weight excluding hydrogens is 256 g/mol. The van der Waals surface area contributed by atoms with Crippen LogP contribution in [0.4, 0.5) is 5.00 Å². The van der Waals surface area contributed by atoms with Gasteiger partial charge < -0.3 is 5.32 Å². The third kappa shape index (κ3) is 3.21. The minimum Gasteiger partial charge on any atom is -0.316 e. The Morgan fingerprint density at radius 2 is 2.16 bits per heavy atom. The van der Waals surface area contributed by atoms with E-state index in [0.717, 1.165) is 16.7 Å². The van der Waals surface area contributed by atoms with E-state index in [1.54, 1.807) is 11.4 Å². The number of nitrogens with one attached hydrogen (secondary N) is 1. The van der Waals surface area contributed by atoms with Crippen LogP contribution < -0.4 is 5.32 Å². The van der Waals surface area contributed by atoms with Crippen LogP contribution in [-0.2, 0) is 11.2 Å². The summed E-state index contributed by atoms with van der Waals surface area (Å²) in [4.78, 5) is 12.0. The van der Waals surface area contributed by atoms with Gasteiger partial charge in [0.1, 0.15) is 11.1 Å². The Hall–Kier alpha value is -2.12. The molecule has 1 aromatic carbocycles. The van der Waals surface area contributed by atoms with Crippen LogP contribution in [0.3, 0.4) is 0 Å². The van der Waals surface area contributed by atoms with Crippen LogP contribution in [0, 0.1) is 25.2 Å². The summed E-state index contributed by atoms with van der Waals surface area (Å²) >= 11 is 1.37. The molecule has 0 aliphatic carbocycles. The Morgan fingerprint density at radius 1 is 1.37 bits per heavy atom. The first kappa shape index (κ1) is 13.3. The molecule has 0 fully saturated rings. The quantitative estimate of drug-likeness (QED) is 0.929. The maximum Gasteiger partial charge on any atom is 0.229 e. The zero-order chi connectivity index (χ0) is 13.8. The molecule has 1 N–H and O–H groups in total. The van der Waals surface area contributed by atoms with Gasteiger partial charge in [-0.05, 0) is 36.4 Å². The number of aryl methyl sites for hydroxylation is 2. The first-order valence-corrected chi connectivity index (χ1v) is 6.81. The summed E-state index contributed by atoms with van der Waals surface area (Å²) in [6, 6.07) is 9.84. The number of benzene rings is 1. The van der Waals surface area contributed by atoms with Gasteiger partial charge in [-0.25, -0.2) is 0 Å². The summed E-state index contributed by atoms with van der Waals surface area (Å²) in [7, 11) is 0. The molecule has 4 heteroatoms. The number of nitriles is 1. The van der Waals surface area contributed by atoms with Crippen LogP contribution in [0.5, 0.6) is 0 Å². The molecule has 2 aromatic rings. The average Bonchev–Trinajstić information content (AvgIpc) is 2.81. The number of amides is 1. The molecule has 1 heterocycles. The molecule has 0 unspecified atom stereocenters. The lowest BCUT2D eigenvalue weighted by molar-refractivity contribution is -0.115. The van der Waals surface area contributed by atoms with Crippen LogP contribution in [0.25, 0.3) is 0 Å². The molecule has 2 rings (SSSR count). The SMILES string of the molecule is Cc1ccc(C)c(CC(=O)Nc2sccc2C#N)c1. The monoisotopic (exact) mass is 270 g/mol. The van der Waals surface area contributed by atoms with E-state index in [2.05, 4.69) is 11.4 Å². The van der Waals surface area contributed by atoms with Crippen molar-refractivity contribution in [3.8, 4) is 6.07 Å². The van der Waals surface area contributed by atoms with E-state index >= 15 is 0 Å². The summed E-state index contributed by atoms with van der Waals surface area (Å²) in [5, 5.41) is 14.1. The number of carbonyl (C=O) groups excluding carboxylic acids is 1. The highest BCUT2D eigenvalue weighted by Crippen LogP contribution is 2.22. The summed E-state index contributed by atoms with van der Waals surface area (Å²) < 4.78 is 0. The van der Waals surface area contributed by atoms with E-state index in [4.69, 9.17) is 5.26 Å². The predicted octanol–water partition coefficient (Wildman–Crippen LogP) is 3.42. The Morgan fingerprint density at radius 3 is 2.89 bits per heavy atom. The second-order valence-electron chi connectivity index (χ2n) is 4.43. The fourth-order valence-corrected chi connectivity index (χ4v) is 2.58. The van der Waals surface area contributed by atoms with E-state index in [0.29, 0.717) is 17.0 Å². The van der Waals surface area contributed by atoms with Gasteiger partial charge in [0, 0.05) is 0 Å². The van der Waals surface area contributed by atoms with E-state index in [1.165, 1.54) is 11.3 Å². The van der Waals surface area contributed by atoms with Crippen molar-refractivity contribution < 1.29 is 4.79 Å². The van der Waals surface area contributed by atoms with Crippen molar-refractivity contribution in [2.45, 2.75) is 20.3 Å². The topological polar surface area (TPSA) is 52.9 Å². The number of anilines is 1. The number of hydrogen-bond donors (Lipinski definition) is 1. The van der Waals surface area contributed by atoms with Gasteiger partial charge in [0.25, 0.3) is 0 Å². The van der Waals surface area contributed by atoms with Crippen molar-refractivity contribution in [2.75, 3.05) is 5.32 Å². The minimum absolute atomic E-state index is 0.0901. The van der Waals surface area contributed by atoms with Gasteiger partial charge in [-0.1, -0.05) is 23.8 Å². The predicted molar refractivity (Wildman–Crippen MR) is 77.3 cm³/mol. The van der Waals surface area contributed by atoms with Crippen molar-refractivity contribution in [1.29, 1.82) is 5.26 Å². The number of hydrogen-bond acceptors (Lipinski definition) is 3. The minimum atomic E-state index is -0.0901. The smallest absolute Gasteiger partial charge is 0.229 e. The van der Waals surface area contributed by atoms with Gasteiger partial charge in [-0.15, -0.1) is 11.3 Å². The molecular formula is C15H14N2OS. The second-order valence-corrected chi connectivity index (χ2v) is 5.35. The summed E-state index contributed by atoms with van der Waals surface area (Å²) in [5.74, 6) is -0.0901. The van der Waals surface area contributed by atoms with Gasteiger partial charge in [0.2, 0.25) is 5.91 Å². The Balaban J connectivity index is 2.10. The molecule has 19 heavy (non-hydrogen) atoms. The van der Waals surface area contributed by atoms with Gasteiger partial charge in [0.05, 0.1) is 12.0 Å². The zero-order valence-corrected chi connectivity index (χ0v) is 11.7. The Labute approximate surface area is 116 Å². The third-order valence-corrected chi connectivity index (χ3v) is 3.72. The van der Waals surface area contributed by atoms with Crippen molar-refractivity contribution in [3.63, 3.8) is 0 Å². The van der Waals surface area contributed by atoms with Crippen LogP contribution in [-0.4, -0.2) is 5.91 Å². The first-order valence-electron chi connectivity index (χ1n) is 5.93. The van der Waals surface area contributed by atoms with E-state index in [9.17, 15) is 4.79 Å². The first-order chi connectivity index (χ1) is 9.10. The van der Waals surface area contributed by atoms with Gasteiger partial charge >= 0.3 is 0 Å². The molecule has 96 valence electrons. The highest BCUT2D eigenvalue weighted by molar-refractivity contribution is 7.14. The molecule has 0 aliphatic heterocycles. The zero-order valence-electron chi connectivity index (χ0n) is 10.9. The van der Waals surface area contributed by atoms with Crippen LogP contribution >= 0.6 is 11.3 Å². The standard InChI is InChI=1S/C15H14N2OS/c1-10-3-4-11(2)13(7-10)8-14(18)17-15-12(9-16)5-6-19-15/h3-7H,8H2,1-2H3,(H,17,18). The maximum atomic E-state index is 12.0. The lowest BCUT2D eigenvalue weighted by atomic mass is 10.0. The highest BCUT2D eigenvalue weighted by Gasteiger charge is 2.10. The molecule has 0 saturated carbocycles. The summed E-state index contributed by atoms with van der Waals surface area (Å²) in [5.41, 5.74) is 3.78. The third-order valence-electron chi connectivity index (χ3n) is 2.89. The molecule has 3 nitrogen and oxygen atoms in total. The fraction of sp³-hybridized carbons (Fsp3) is 0.200. The normalized spacial score (nSPS) is 9.95. The molecule has 1 aromatic heterocycles. The summed E-state index contributed by atoms with van der Waals surface area (Å²) in [6.07, 6.45) is 0.330. The molecule has 0 saturated heterocycles. The van der Waals surface area contributed by atoms with Crippen LogP contribution in [0.2, 0.25) is 0 Å². The lowest BCUT2D eigenvalue weighted by Crippen LogP contribution is -2.15. The average molecular weight is 270 g/mol. The lowest BCUT2D eigenvalue weighted by Gasteiger charge is -2.07. The van der Waals surface area contributed by atoms with Gasteiger partial charge in [-0.3, -0.25) is 4.79 Å². The number of nitrogens with zero attached hydrogens (tertiary/aromatic N) is 1. The van der Waals surface area contributed by atoms with Crippen molar-refractivity contribution in [2.24, 2.45) is 0 Å². The van der Waals surface area contributed by atoms with E-state index < -0.39 is 0 Å². The molecule has 0 aliphatic rings. The molecule has 0 atom stereocenters. The maximum absolute atomic E-state index is 12.0. The summed E-state index contributed by atoms with van der Waals surface area (Å²) in [6.45, 7) is 4.00. The highest BCUT2D eigenvalue weighted by atomic mass is 32.1. The number of rotatable bonds is 3. The van der Waals surface area contributed by atoms with Gasteiger partial charge in [0.15, 0.2) is 0 Å². The van der Waals surface area contributed by atoms with Crippen molar-refractivity contribution >= 4 is 22.2 Å². The Bertz CT molecular complexity index is 652. The second kappa shape index (κ2) is 5.68. The number of thiophene rings is 1. The molecule has 0 bridgehead atoms. The molecule has 1 amide bonds. The van der Waals surface area contributed by atoms with Crippen LogP contribution in [0.1, 0.15) is 22.3 Å².